The summed E-state index contributed by atoms with van der Waals surface area (Å²) in [4.78, 5) is 17.5. The van der Waals surface area contributed by atoms with Crippen LogP contribution in [0, 0.1) is 0 Å². The molecule has 0 aromatic heterocycles. The van der Waals surface area contributed by atoms with Gasteiger partial charge in [-0.15, -0.1) is 24.0 Å². The molecular formula is C15H23IN4O2S. The summed E-state index contributed by atoms with van der Waals surface area (Å²) in [5.74, 6) is 3.39. The van der Waals surface area contributed by atoms with Gasteiger partial charge in [0.1, 0.15) is 12.4 Å². The van der Waals surface area contributed by atoms with Gasteiger partial charge < -0.3 is 20.7 Å². The van der Waals surface area contributed by atoms with Crippen LogP contribution < -0.4 is 15.8 Å². The molecule has 1 fully saturated rings. The fourth-order valence-electron chi connectivity index (χ4n) is 2.08. The maximum Gasteiger partial charge on any atom is 0.221 e. The topological polar surface area (TPSA) is 79.9 Å². The number of halogens is 1. The Morgan fingerprint density at radius 2 is 2.17 bits per heavy atom. The minimum Gasteiger partial charge on any atom is -0.492 e. The van der Waals surface area contributed by atoms with Gasteiger partial charge in [-0.2, -0.15) is 11.8 Å². The molecule has 0 spiro atoms. The van der Waals surface area contributed by atoms with Crippen LogP contribution in [0.4, 0.5) is 5.69 Å². The number of anilines is 1. The van der Waals surface area contributed by atoms with Gasteiger partial charge >= 0.3 is 0 Å². The minimum atomic E-state index is -0.103. The zero-order chi connectivity index (χ0) is 15.8. The third-order valence-corrected chi connectivity index (χ3v) is 4.07. The van der Waals surface area contributed by atoms with Gasteiger partial charge in [0.25, 0.3) is 0 Å². The van der Waals surface area contributed by atoms with Gasteiger partial charge in [0.05, 0.1) is 6.54 Å². The lowest BCUT2D eigenvalue weighted by Crippen LogP contribution is -2.42. The van der Waals surface area contributed by atoms with E-state index in [0.29, 0.717) is 24.9 Å². The summed E-state index contributed by atoms with van der Waals surface area (Å²) in [5.41, 5.74) is 6.69. The van der Waals surface area contributed by atoms with Crippen molar-refractivity contribution in [2.45, 2.75) is 6.92 Å². The molecular weight excluding hydrogens is 427 g/mol. The molecule has 0 unspecified atom stereocenters. The molecule has 1 heterocycles. The fourth-order valence-corrected chi connectivity index (χ4v) is 2.99. The predicted molar refractivity (Wildman–Crippen MR) is 107 cm³/mol. The molecule has 1 saturated heterocycles. The second-order valence-corrected chi connectivity index (χ2v) is 6.12. The average molecular weight is 450 g/mol. The highest BCUT2D eigenvalue weighted by molar-refractivity contribution is 14.0. The van der Waals surface area contributed by atoms with Crippen LogP contribution in [0.2, 0.25) is 0 Å². The summed E-state index contributed by atoms with van der Waals surface area (Å²) in [6.07, 6.45) is 0. The van der Waals surface area contributed by atoms with E-state index in [4.69, 9.17) is 10.5 Å². The molecule has 8 heteroatoms. The molecule has 0 aliphatic carbocycles. The largest absolute Gasteiger partial charge is 0.492 e. The van der Waals surface area contributed by atoms with Crippen LogP contribution >= 0.6 is 35.7 Å². The van der Waals surface area contributed by atoms with Crippen molar-refractivity contribution in [2.24, 2.45) is 10.7 Å². The molecule has 0 atom stereocenters. The monoisotopic (exact) mass is 450 g/mol. The number of carbonyl (C=O) groups is 1. The number of nitrogens with one attached hydrogen (secondary N) is 1. The number of thioether (sulfide) groups is 1. The summed E-state index contributed by atoms with van der Waals surface area (Å²) < 4.78 is 5.63. The Balaban J connectivity index is 0.00000264. The van der Waals surface area contributed by atoms with Crippen molar-refractivity contribution in [1.29, 1.82) is 0 Å². The lowest BCUT2D eigenvalue weighted by atomic mass is 10.3. The fraction of sp³-hybridized carbons (Fsp3) is 0.467. The van der Waals surface area contributed by atoms with Crippen LogP contribution in [0.1, 0.15) is 6.92 Å². The highest BCUT2D eigenvalue weighted by Crippen LogP contribution is 2.17. The number of hydrogen-bond donors (Lipinski definition) is 2. The van der Waals surface area contributed by atoms with E-state index in [1.54, 1.807) is 6.07 Å². The first-order valence-corrected chi connectivity index (χ1v) is 8.43. The molecule has 3 N–H and O–H groups in total. The van der Waals surface area contributed by atoms with Gasteiger partial charge in [-0.1, -0.05) is 6.07 Å². The van der Waals surface area contributed by atoms with Crippen molar-refractivity contribution in [1.82, 2.24) is 4.90 Å². The summed E-state index contributed by atoms with van der Waals surface area (Å²) in [6.45, 7) is 4.36. The van der Waals surface area contributed by atoms with Crippen molar-refractivity contribution >= 4 is 53.3 Å². The van der Waals surface area contributed by atoms with Crippen LogP contribution in [0.15, 0.2) is 29.3 Å². The highest BCUT2D eigenvalue weighted by Gasteiger charge is 2.11. The van der Waals surface area contributed by atoms with Crippen LogP contribution in [0.5, 0.6) is 5.75 Å². The number of nitrogens with two attached hydrogens (primary N) is 1. The third-order valence-electron chi connectivity index (χ3n) is 3.12. The standard InChI is InChI=1S/C15H22N4O2S.HI/c1-12(20)18-13-3-2-4-14(11-13)21-8-5-17-15(16)19-6-9-22-10-7-19;/h2-4,11H,5-10H2,1H3,(H2,16,17)(H,18,20);1H. The Morgan fingerprint density at radius 3 is 2.87 bits per heavy atom. The van der Waals surface area contributed by atoms with E-state index in [0.717, 1.165) is 30.3 Å². The summed E-state index contributed by atoms with van der Waals surface area (Å²) >= 11 is 1.94. The van der Waals surface area contributed by atoms with Gasteiger partial charge in [-0.25, -0.2) is 4.99 Å². The number of ether oxygens (including phenoxy) is 1. The molecule has 1 aromatic carbocycles. The first kappa shape index (κ1) is 19.9. The van der Waals surface area contributed by atoms with E-state index < -0.39 is 0 Å². The molecule has 1 aromatic rings. The molecule has 1 aliphatic heterocycles. The second kappa shape index (κ2) is 10.6. The number of carbonyl (C=O) groups excluding carboxylic acids is 1. The average Bonchev–Trinajstić information content (AvgIpc) is 2.52. The van der Waals surface area contributed by atoms with E-state index in [-0.39, 0.29) is 29.9 Å². The quantitative estimate of drug-likeness (QED) is 0.311. The van der Waals surface area contributed by atoms with Crippen LogP contribution in [-0.4, -0.2) is 54.5 Å². The molecule has 0 bridgehead atoms. The van der Waals surface area contributed by atoms with Crippen LogP contribution in [0.25, 0.3) is 0 Å². The van der Waals surface area contributed by atoms with Gasteiger partial charge in [0.15, 0.2) is 5.96 Å². The zero-order valence-electron chi connectivity index (χ0n) is 13.2. The van der Waals surface area contributed by atoms with Gasteiger partial charge in [-0.05, 0) is 12.1 Å². The molecule has 128 valence electrons. The Bertz CT molecular complexity index is 536. The second-order valence-electron chi connectivity index (χ2n) is 4.90. The number of hydrogen-bond acceptors (Lipinski definition) is 4. The third kappa shape index (κ3) is 7.30. The molecule has 23 heavy (non-hydrogen) atoms. The first-order valence-electron chi connectivity index (χ1n) is 7.28. The molecule has 6 nitrogen and oxygen atoms in total. The lowest BCUT2D eigenvalue weighted by molar-refractivity contribution is -0.114. The Labute approximate surface area is 158 Å². The van der Waals surface area contributed by atoms with Crippen LogP contribution in [0.3, 0.4) is 0 Å². The highest BCUT2D eigenvalue weighted by atomic mass is 127. The Hall–Kier alpha value is -1.16. The maximum absolute atomic E-state index is 11.0. The molecule has 0 radical (unpaired) electrons. The first-order chi connectivity index (χ1) is 10.6. The van der Waals surface area contributed by atoms with E-state index in [9.17, 15) is 4.79 Å². The summed E-state index contributed by atoms with van der Waals surface area (Å²) in [7, 11) is 0. The zero-order valence-corrected chi connectivity index (χ0v) is 16.3. The van der Waals surface area contributed by atoms with Gasteiger partial charge in [-0.3, -0.25) is 4.79 Å². The predicted octanol–water partition coefficient (Wildman–Crippen LogP) is 2.01. The number of benzene rings is 1. The Morgan fingerprint density at radius 1 is 1.43 bits per heavy atom. The summed E-state index contributed by atoms with van der Waals surface area (Å²) in [5, 5.41) is 2.72. The number of guanidine groups is 1. The van der Waals surface area contributed by atoms with Crippen molar-refractivity contribution < 1.29 is 9.53 Å². The number of aliphatic imine (C=N–C) groups is 1. The van der Waals surface area contributed by atoms with Crippen LogP contribution in [-0.2, 0) is 4.79 Å². The van der Waals surface area contributed by atoms with E-state index in [1.165, 1.54) is 6.92 Å². The summed E-state index contributed by atoms with van der Waals surface area (Å²) in [6, 6.07) is 7.29. The smallest absolute Gasteiger partial charge is 0.221 e. The Kier molecular flexibility index (Phi) is 9.15. The number of amides is 1. The van der Waals surface area contributed by atoms with E-state index in [2.05, 4.69) is 15.2 Å². The van der Waals surface area contributed by atoms with E-state index >= 15 is 0 Å². The van der Waals surface area contributed by atoms with Crippen molar-refractivity contribution in [3.05, 3.63) is 24.3 Å². The van der Waals surface area contributed by atoms with E-state index in [1.807, 2.05) is 30.0 Å². The number of rotatable bonds is 5. The minimum absolute atomic E-state index is 0. The molecule has 0 saturated carbocycles. The molecule has 1 aliphatic rings. The van der Waals surface area contributed by atoms with Crippen molar-refractivity contribution in [3.63, 3.8) is 0 Å². The van der Waals surface area contributed by atoms with Gasteiger partial charge in [0.2, 0.25) is 5.91 Å². The normalized spacial score (nSPS) is 14.8. The van der Waals surface area contributed by atoms with Crippen molar-refractivity contribution in [2.75, 3.05) is 43.1 Å². The number of nitrogens with zero attached hydrogens (tertiary/aromatic N) is 2. The molecule has 2 rings (SSSR count). The van der Waals surface area contributed by atoms with Gasteiger partial charge in [0, 0.05) is 43.3 Å². The maximum atomic E-state index is 11.0. The van der Waals surface area contributed by atoms with Crippen molar-refractivity contribution in [3.8, 4) is 5.75 Å². The lowest BCUT2D eigenvalue weighted by Gasteiger charge is -2.27. The molecule has 1 amide bonds. The SMILES string of the molecule is CC(=O)Nc1cccc(OCCN=C(N)N2CCSCC2)c1.I.